The molecular weight excluding hydrogens is 1300 g/mol. The zero-order valence-corrected chi connectivity index (χ0v) is 51.3. The van der Waals surface area contributed by atoms with E-state index in [0.29, 0.717) is 0 Å². The minimum atomic E-state index is -4.04. The van der Waals surface area contributed by atoms with E-state index in [2.05, 4.69) is 0 Å². The van der Waals surface area contributed by atoms with E-state index in [0.717, 1.165) is 22.3 Å². The summed E-state index contributed by atoms with van der Waals surface area (Å²) in [5, 5.41) is 0. The first-order chi connectivity index (χ1) is 33.6. The molecule has 0 bridgehead atoms. The zero-order chi connectivity index (χ0) is 54.3. The van der Waals surface area contributed by atoms with Gasteiger partial charge in [0, 0.05) is 72.8 Å². The van der Waals surface area contributed by atoms with Gasteiger partial charge in [-0.1, -0.05) is 224 Å². The number of rotatable bonds is 8. The largest absolute Gasteiger partial charge is 0.243 e. The maximum absolute atomic E-state index is 13.9. The van der Waals surface area contributed by atoms with Crippen molar-refractivity contribution in [1.29, 1.82) is 0 Å². The van der Waals surface area contributed by atoms with Crippen molar-refractivity contribution >= 4 is 145 Å². The van der Waals surface area contributed by atoms with E-state index in [1.165, 1.54) is 65.8 Å². The molecule has 0 saturated carbocycles. The molecule has 4 aromatic carbocycles. The number of hydrogen-bond donors (Lipinski definition) is 0. The Morgan fingerprint density at radius 1 is 0.288 bits per heavy atom. The predicted molar refractivity (Wildman–Crippen MR) is 300 cm³/mol. The van der Waals surface area contributed by atoms with Gasteiger partial charge in [-0.15, -0.1) is 0 Å². The summed E-state index contributed by atoms with van der Waals surface area (Å²) < 4.78 is 114. The minimum absolute atomic E-state index is 0. The number of aryl methyl sites for hydroxylation is 4. The Kier molecular flexibility index (Phi) is 33.1. The van der Waals surface area contributed by atoms with Gasteiger partial charge in [0.1, 0.15) is 0 Å². The number of halogens is 9. The van der Waals surface area contributed by atoms with Crippen LogP contribution in [0.2, 0.25) is 0 Å². The van der Waals surface area contributed by atoms with Gasteiger partial charge in [-0.3, -0.25) is 0 Å². The van der Waals surface area contributed by atoms with Crippen LogP contribution >= 0.6 is 104 Å². The van der Waals surface area contributed by atoms with Crippen molar-refractivity contribution in [3.05, 3.63) is 168 Å². The second-order valence-electron chi connectivity index (χ2n) is 15.2. The molecule has 0 aliphatic carbocycles. The van der Waals surface area contributed by atoms with Crippen LogP contribution in [0.25, 0.3) is 0 Å². The van der Waals surface area contributed by atoms with Gasteiger partial charge in [-0.05, 0) is 76.2 Å². The van der Waals surface area contributed by atoms with Crippen LogP contribution in [0.15, 0.2) is 165 Å². The minimum Gasteiger partial charge on any atom is -0.207 e. The third kappa shape index (κ3) is 25.4. The molecule has 0 fully saturated rings. The molecule has 12 nitrogen and oxygen atoms in total. The van der Waals surface area contributed by atoms with Gasteiger partial charge in [0.05, 0.1) is 19.6 Å². The smallest absolute Gasteiger partial charge is 0.207 e. The molecule has 0 unspecified atom stereocenters. The number of nitrogens with zero attached hydrogens (tertiary/aromatic N) is 4. The topological polar surface area (TPSA) is 150 Å². The zero-order valence-electron chi connectivity index (χ0n) is 39.7. The van der Waals surface area contributed by atoms with E-state index in [-0.39, 0.29) is 92.4 Å². The molecule has 0 spiro atoms. The predicted octanol–water partition coefficient (Wildman–Crippen LogP) is 12.2. The first-order valence-corrected chi connectivity index (χ1v) is 30.9. The first kappa shape index (κ1) is 69.8. The molecule has 0 amide bonds. The summed E-state index contributed by atoms with van der Waals surface area (Å²) in [5.74, 6) is 0. The second-order valence-corrected chi connectivity index (χ2v) is 28.9. The van der Waals surface area contributed by atoms with Crippen molar-refractivity contribution in [3.8, 4) is 0 Å². The van der Waals surface area contributed by atoms with Crippen molar-refractivity contribution in [2.24, 2.45) is 0 Å². The number of alkyl halides is 9. The molecule has 408 valence electrons. The Labute approximate surface area is 491 Å². The summed E-state index contributed by atoms with van der Waals surface area (Å²) in [6, 6.07) is 25.8. The van der Waals surface area contributed by atoms with Crippen LogP contribution in [-0.2, 0) is 60.5 Å². The van der Waals surface area contributed by atoms with Gasteiger partial charge in [-0.2, -0.15) is 17.2 Å². The van der Waals surface area contributed by atoms with E-state index in [1.54, 1.807) is 97.1 Å². The number of hydrogen-bond acceptors (Lipinski definition) is 8. The number of benzene rings is 4. The summed E-state index contributed by atoms with van der Waals surface area (Å²) in [6.07, 6.45) is 12.6. The van der Waals surface area contributed by atoms with Crippen LogP contribution in [0.3, 0.4) is 0 Å². The Balaban J connectivity index is 0.00000184. The average Bonchev–Trinajstić information content (AvgIpc) is 3.28. The fourth-order valence-electron chi connectivity index (χ4n) is 6.06. The molecule has 0 saturated heterocycles. The molecular formula is C47H55Cl9N4O8PdS4. The van der Waals surface area contributed by atoms with Crippen molar-refractivity contribution in [2.45, 2.75) is 60.2 Å². The quantitative estimate of drug-likeness (QED) is 0.0961. The van der Waals surface area contributed by atoms with Gasteiger partial charge < -0.3 is 0 Å². The molecule has 73 heavy (non-hydrogen) atoms. The van der Waals surface area contributed by atoms with Crippen LogP contribution < -0.4 is 0 Å². The van der Waals surface area contributed by atoms with Gasteiger partial charge >= 0.3 is 0 Å². The standard InChI is InChI=1S/C44H52N4O8S4.3CHCl3.Pd/c1-37-13-21-41(22-14-37)57(49,50)45-29-5-7-31-46(58(51,52)42-23-15-38(2)16-24-42)33-9-11-35-48(60(55,56)44-27-19-40(4)20-28-44)36-12-10-34-47(32-8-6-30-45)59(53,54)43-25-17-39(3)18-26-43;3*2-1(3)4;/h5-28H,29-36H2,1-4H3;3*1H;/b7-5+,8-6+,11-9+,12-10+;;;;. The molecule has 5 rings (SSSR count). The summed E-state index contributed by atoms with van der Waals surface area (Å²) in [6.45, 7) is 6.47. The summed E-state index contributed by atoms with van der Waals surface area (Å²) in [5.41, 5.74) is 3.53. The van der Waals surface area contributed by atoms with E-state index >= 15 is 0 Å². The van der Waals surface area contributed by atoms with Gasteiger partial charge in [0.15, 0.2) is 12.9 Å². The Hall–Kier alpha value is -1.25. The molecule has 0 atom stereocenters. The third-order valence-electron chi connectivity index (χ3n) is 9.77. The molecule has 0 aromatic heterocycles. The van der Waals surface area contributed by atoms with Gasteiger partial charge in [-0.25, -0.2) is 33.7 Å². The molecule has 1 heterocycles. The van der Waals surface area contributed by atoms with Crippen molar-refractivity contribution in [2.75, 3.05) is 52.4 Å². The van der Waals surface area contributed by atoms with Gasteiger partial charge in [0.25, 0.3) is 0 Å². The number of sulfonamides is 4. The Morgan fingerprint density at radius 3 is 0.507 bits per heavy atom. The monoisotopic (exact) mass is 1350 g/mol. The SMILES string of the molecule is Cc1ccc(S(=O)(=O)N2C/C=C/CN(S(=O)(=O)c3ccc(C)cc3)C/C=C/CN(S(=O)(=O)c3ccc(C)cc3)C/C=C/CN(S(=O)(=O)c3ccc(C)cc3)C/C=C/C2)cc1.ClC(Cl)Cl.ClC(Cl)Cl.ClC(Cl)Cl.[Pd]. The Bertz CT molecular complexity index is 2420. The van der Waals surface area contributed by atoms with E-state index in [9.17, 15) is 33.7 Å². The van der Waals surface area contributed by atoms with Gasteiger partial charge in [0.2, 0.25) is 40.1 Å². The van der Waals surface area contributed by atoms with Crippen molar-refractivity contribution in [3.63, 3.8) is 0 Å². The Morgan fingerprint density at radius 2 is 0.397 bits per heavy atom. The molecule has 26 heteroatoms. The molecule has 1 aliphatic rings. The van der Waals surface area contributed by atoms with Crippen LogP contribution in [0.4, 0.5) is 0 Å². The van der Waals surface area contributed by atoms with Crippen LogP contribution in [0.1, 0.15) is 22.3 Å². The first-order valence-electron chi connectivity index (χ1n) is 21.3. The summed E-state index contributed by atoms with van der Waals surface area (Å²) >= 11 is 43.3. The molecule has 1 aliphatic heterocycles. The van der Waals surface area contributed by atoms with Crippen LogP contribution in [0.5, 0.6) is 0 Å². The maximum atomic E-state index is 13.9. The fraction of sp³-hybridized carbons (Fsp3) is 0.319. The normalized spacial score (nSPS) is 17.3. The van der Waals surface area contributed by atoms with Crippen molar-refractivity contribution < 1.29 is 54.1 Å². The summed E-state index contributed by atoms with van der Waals surface area (Å²) in [7, 11) is -16.2. The molecule has 0 N–H and O–H groups in total. The van der Waals surface area contributed by atoms with Crippen LogP contribution in [-0.4, -0.2) is 116 Å². The average molecular weight is 1360 g/mol. The van der Waals surface area contributed by atoms with E-state index < -0.39 is 53.0 Å². The van der Waals surface area contributed by atoms with Crippen molar-refractivity contribution in [1.82, 2.24) is 17.2 Å². The van der Waals surface area contributed by atoms with E-state index in [4.69, 9.17) is 104 Å². The molecule has 4 aromatic rings. The van der Waals surface area contributed by atoms with Crippen LogP contribution in [0, 0.1) is 27.7 Å². The molecule has 0 radical (unpaired) electrons. The summed E-state index contributed by atoms with van der Waals surface area (Å²) in [4.78, 5) is 0.297. The fourth-order valence-corrected chi connectivity index (χ4v) is 11.4. The third-order valence-corrected chi connectivity index (χ3v) is 17.2. The maximum Gasteiger partial charge on any atom is 0.243 e. The second kappa shape index (κ2) is 34.6. The van der Waals surface area contributed by atoms with E-state index in [1.807, 2.05) is 27.7 Å².